The van der Waals surface area contributed by atoms with Crippen molar-refractivity contribution in [3.05, 3.63) is 76.2 Å². The fourth-order valence-corrected chi connectivity index (χ4v) is 4.68. The predicted octanol–water partition coefficient (Wildman–Crippen LogP) is 4.23. The first-order chi connectivity index (χ1) is 14.1. The van der Waals surface area contributed by atoms with E-state index < -0.39 is 6.04 Å². The lowest BCUT2D eigenvalue weighted by molar-refractivity contribution is -0.124. The second kappa shape index (κ2) is 8.17. The molecular weight excluding hydrogens is 382 g/mol. The largest absolute Gasteiger partial charge is 0.354 e. The highest BCUT2D eigenvalue weighted by atomic mass is 32.1. The van der Waals surface area contributed by atoms with Crippen LogP contribution in [0.3, 0.4) is 0 Å². The van der Waals surface area contributed by atoms with Crippen LogP contribution in [0.15, 0.2) is 59.4 Å². The molecule has 0 saturated heterocycles. The molecule has 0 unspecified atom stereocenters. The van der Waals surface area contributed by atoms with E-state index in [-0.39, 0.29) is 11.5 Å². The maximum Gasteiger partial charge on any atom is 0.276 e. The van der Waals surface area contributed by atoms with Gasteiger partial charge in [0.15, 0.2) is 0 Å². The van der Waals surface area contributed by atoms with Gasteiger partial charge in [-0.15, -0.1) is 11.3 Å². The van der Waals surface area contributed by atoms with E-state index in [0.717, 1.165) is 33.3 Å². The molecule has 0 aliphatic carbocycles. The SMILES string of the molecule is Cc1nn([C@@H](C)C(=O)NCCCc2ccccc2)c(=O)c2c1sc1ccccc12. The number of aryl methyl sites for hydroxylation is 2. The molecule has 2 aromatic carbocycles. The lowest BCUT2D eigenvalue weighted by Gasteiger charge is -2.15. The first-order valence-electron chi connectivity index (χ1n) is 9.78. The Morgan fingerprint density at radius 1 is 1.14 bits per heavy atom. The van der Waals surface area contributed by atoms with Crippen molar-refractivity contribution >= 4 is 37.4 Å². The van der Waals surface area contributed by atoms with E-state index in [0.29, 0.717) is 11.9 Å². The monoisotopic (exact) mass is 405 g/mol. The third-order valence-electron chi connectivity index (χ3n) is 5.13. The molecule has 4 rings (SSSR count). The molecule has 1 N–H and O–H groups in total. The van der Waals surface area contributed by atoms with Crippen LogP contribution in [0.1, 0.15) is 30.6 Å². The van der Waals surface area contributed by atoms with E-state index in [2.05, 4.69) is 22.5 Å². The van der Waals surface area contributed by atoms with Gasteiger partial charge < -0.3 is 5.32 Å². The second-order valence-corrected chi connectivity index (χ2v) is 8.25. The van der Waals surface area contributed by atoms with E-state index in [4.69, 9.17) is 0 Å². The average Bonchev–Trinajstić information content (AvgIpc) is 3.14. The zero-order valence-electron chi connectivity index (χ0n) is 16.5. The van der Waals surface area contributed by atoms with Crippen molar-refractivity contribution in [2.75, 3.05) is 6.54 Å². The van der Waals surface area contributed by atoms with Crippen molar-refractivity contribution in [2.24, 2.45) is 0 Å². The predicted molar refractivity (Wildman–Crippen MR) is 119 cm³/mol. The number of rotatable bonds is 6. The van der Waals surface area contributed by atoms with Crippen LogP contribution in [-0.4, -0.2) is 22.2 Å². The van der Waals surface area contributed by atoms with E-state index in [1.807, 2.05) is 49.4 Å². The number of nitrogens with zero attached hydrogens (tertiary/aromatic N) is 2. The van der Waals surface area contributed by atoms with Gasteiger partial charge in [0.2, 0.25) is 5.91 Å². The van der Waals surface area contributed by atoms with Crippen LogP contribution in [0, 0.1) is 6.92 Å². The molecule has 0 radical (unpaired) electrons. The Labute approximate surface area is 173 Å². The number of aromatic nitrogens is 2. The summed E-state index contributed by atoms with van der Waals surface area (Å²) in [4.78, 5) is 25.8. The van der Waals surface area contributed by atoms with Crippen molar-refractivity contribution in [3.8, 4) is 0 Å². The molecule has 0 aliphatic rings. The Bertz CT molecular complexity index is 1230. The molecule has 1 atom stereocenters. The van der Waals surface area contributed by atoms with E-state index >= 15 is 0 Å². The maximum atomic E-state index is 13.1. The Morgan fingerprint density at radius 3 is 2.66 bits per heavy atom. The Hall–Kier alpha value is -2.99. The first kappa shape index (κ1) is 19.3. The summed E-state index contributed by atoms with van der Waals surface area (Å²) in [7, 11) is 0. The van der Waals surface area contributed by atoms with Gasteiger partial charge in [-0.2, -0.15) is 5.10 Å². The lowest BCUT2D eigenvalue weighted by Crippen LogP contribution is -2.37. The molecule has 0 saturated carbocycles. The Kier molecular flexibility index (Phi) is 5.45. The summed E-state index contributed by atoms with van der Waals surface area (Å²) in [5.41, 5.74) is 1.80. The highest BCUT2D eigenvalue weighted by molar-refractivity contribution is 7.26. The summed E-state index contributed by atoms with van der Waals surface area (Å²) in [6.45, 7) is 4.17. The lowest BCUT2D eigenvalue weighted by atomic mass is 10.1. The summed E-state index contributed by atoms with van der Waals surface area (Å²) >= 11 is 1.57. The third kappa shape index (κ3) is 3.80. The van der Waals surface area contributed by atoms with Crippen molar-refractivity contribution in [1.82, 2.24) is 15.1 Å². The van der Waals surface area contributed by atoms with Crippen LogP contribution in [0.4, 0.5) is 0 Å². The van der Waals surface area contributed by atoms with Gasteiger partial charge in [-0.05, 0) is 38.3 Å². The minimum absolute atomic E-state index is 0.189. The fourth-order valence-electron chi connectivity index (χ4n) is 3.55. The average molecular weight is 406 g/mol. The second-order valence-electron chi connectivity index (χ2n) is 7.19. The van der Waals surface area contributed by atoms with Crippen LogP contribution in [-0.2, 0) is 11.2 Å². The van der Waals surface area contributed by atoms with Gasteiger partial charge in [-0.3, -0.25) is 9.59 Å². The summed E-state index contributed by atoms with van der Waals surface area (Å²) < 4.78 is 3.27. The summed E-state index contributed by atoms with van der Waals surface area (Å²) in [6, 6.07) is 17.4. The van der Waals surface area contributed by atoms with Gasteiger partial charge >= 0.3 is 0 Å². The van der Waals surface area contributed by atoms with Crippen LogP contribution in [0.5, 0.6) is 0 Å². The topological polar surface area (TPSA) is 64.0 Å². The minimum atomic E-state index is -0.666. The van der Waals surface area contributed by atoms with Gasteiger partial charge in [0.05, 0.1) is 15.8 Å². The number of amides is 1. The highest BCUT2D eigenvalue weighted by Gasteiger charge is 2.21. The van der Waals surface area contributed by atoms with Crippen LogP contribution in [0.25, 0.3) is 20.2 Å². The van der Waals surface area contributed by atoms with Crippen LogP contribution < -0.4 is 10.9 Å². The zero-order valence-corrected chi connectivity index (χ0v) is 17.3. The molecule has 0 fully saturated rings. The number of carbonyl (C=O) groups excluding carboxylic acids is 1. The van der Waals surface area contributed by atoms with Gasteiger partial charge in [-0.25, -0.2) is 4.68 Å². The standard InChI is InChI=1S/C23H23N3O2S/c1-15-21-20(18-12-6-7-13-19(18)29-21)23(28)26(25-15)16(2)22(27)24-14-8-11-17-9-4-3-5-10-17/h3-7,9-10,12-13,16H,8,11,14H2,1-2H3,(H,24,27)/t16-/m0/s1. The molecular formula is C23H23N3O2S. The maximum absolute atomic E-state index is 13.1. The molecule has 2 aromatic heterocycles. The molecule has 148 valence electrons. The van der Waals surface area contributed by atoms with Crippen molar-refractivity contribution in [2.45, 2.75) is 32.7 Å². The van der Waals surface area contributed by atoms with Crippen LogP contribution >= 0.6 is 11.3 Å². The van der Waals surface area contributed by atoms with E-state index in [9.17, 15) is 9.59 Å². The molecule has 0 bridgehead atoms. The normalized spacial score (nSPS) is 12.3. The fraction of sp³-hybridized carbons (Fsp3) is 0.261. The molecule has 6 heteroatoms. The van der Waals surface area contributed by atoms with Gasteiger partial charge in [0.25, 0.3) is 5.56 Å². The quantitative estimate of drug-likeness (QED) is 0.488. The Balaban J connectivity index is 1.52. The van der Waals surface area contributed by atoms with Gasteiger partial charge in [-0.1, -0.05) is 48.5 Å². The molecule has 0 aliphatic heterocycles. The van der Waals surface area contributed by atoms with E-state index in [1.165, 1.54) is 10.2 Å². The number of hydrogen-bond donors (Lipinski definition) is 1. The molecule has 5 nitrogen and oxygen atoms in total. The summed E-state index contributed by atoms with van der Waals surface area (Å²) in [6.07, 6.45) is 1.75. The molecule has 29 heavy (non-hydrogen) atoms. The van der Waals surface area contributed by atoms with Crippen molar-refractivity contribution in [3.63, 3.8) is 0 Å². The number of benzene rings is 2. The molecule has 1 amide bonds. The number of nitrogens with one attached hydrogen (secondary N) is 1. The Morgan fingerprint density at radius 2 is 1.86 bits per heavy atom. The number of hydrogen-bond acceptors (Lipinski definition) is 4. The first-order valence-corrected chi connectivity index (χ1v) is 10.6. The summed E-state index contributed by atoms with van der Waals surface area (Å²) in [5.74, 6) is -0.189. The number of carbonyl (C=O) groups is 1. The van der Waals surface area contributed by atoms with Gasteiger partial charge in [0.1, 0.15) is 6.04 Å². The van der Waals surface area contributed by atoms with Crippen molar-refractivity contribution < 1.29 is 4.79 Å². The minimum Gasteiger partial charge on any atom is -0.354 e. The number of thiophene rings is 1. The third-order valence-corrected chi connectivity index (χ3v) is 6.41. The molecule has 4 aromatic rings. The summed E-state index contributed by atoms with van der Waals surface area (Å²) in [5, 5.41) is 8.97. The smallest absolute Gasteiger partial charge is 0.276 e. The van der Waals surface area contributed by atoms with E-state index in [1.54, 1.807) is 18.3 Å². The molecule has 0 spiro atoms. The molecule has 2 heterocycles. The number of fused-ring (bicyclic) bond motifs is 3. The van der Waals surface area contributed by atoms with Gasteiger partial charge in [0, 0.05) is 16.6 Å². The zero-order chi connectivity index (χ0) is 20.4. The highest BCUT2D eigenvalue weighted by Crippen LogP contribution is 2.32. The van der Waals surface area contributed by atoms with Crippen molar-refractivity contribution in [1.29, 1.82) is 0 Å². The van der Waals surface area contributed by atoms with Crippen LogP contribution in [0.2, 0.25) is 0 Å².